The predicted molar refractivity (Wildman–Crippen MR) is 81.7 cm³/mol. The standard InChI is InChI=1S/C15H13ClFN3O3/c1-8-6-19-13(7-18-8)15(22)23-9(2)14(21)20-12-4-3-10(17)5-11(12)16/h3-7,9H,1-2H3,(H,20,21). The largest absolute Gasteiger partial charge is 0.448 e. The van der Waals surface area contributed by atoms with Gasteiger partial charge >= 0.3 is 5.97 Å². The van der Waals surface area contributed by atoms with Crippen LogP contribution in [-0.2, 0) is 9.53 Å². The summed E-state index contributed by atoms with van der Waals surface area (Å²) < 4.78 is 18.0. The number of carbonyl (C=O) groups is 2. The highest BCUT2D eigenvalue weighted by Gasteiger charge is 2.20. The van der Waals surface area contributed by atoms with E-state index in [0.717, 1.165) is 12.1 Å². The maximum atomic E-state index is 13.0. The molecule has 120 valence electrons. The third-order valence-electron chi connectivity index (χ3n) is 2.83. The molecule has 0 spiro atoms. The number of carbonyl (C=O) groups excluding carboxylic acids is 2. The minimum atomic E-state index is -1.09. The van der Waals surface area contributed by atoms with Gasteiger partial charge in [-0.3, -0.25) is 9.78 Å². The van der Waals surface area contributed by atoms with Gasteiger partial charge < -0.3 is 10.1 Å². The Morgan fingerprint density at radius 1 is 1.30 bits per heavy atom. The van der Waals surface area contributed by atoms with Crippen molar-refractivity contribution in [3.63, 3.8) is 0 Å². The van der Waals surface area contributed by atoms with E-state index in [4.69, 9.17) is 16.3 Å². The van der Waals surface area contributed by atoms with Gasteiger partial charge in [-0.25, -0.2) is 14.2 Å². The lowest BCUT2D eigenvalue weighted by Gasteiger charge is -2.14. The molecule has 0 fully saturated rings. The summed E-state index contributed by atoms with van der Waals surface area (Å²) in [4.78, 5) is 31.6. The van der Waals surface area contributed by atoms with E-state index in [0.29, 0.717) is 5.69 Å². The first-order chi connectivity index (χ1) is 10.9. The molecule has 1 aromatic carbocycles. The number of halogens is 2. The molecule has 1 unspecified atom stereocenters. The molecule has 2 aromatic rings. The highest BCUT2D eigenvalue weighted by molar-refractivity contribution is 6.33. The molecule has 23 heavy (non-hydrogen) atoms. The van der Waals surface area contributed by atoms with Crippen molar-refractivity contribution in [2.45, 2.75) is 20.0 Å². The van der Waals surface area contributed by atoms with Gasteiger partial charge in [-0.1, -0.05) is 11.6 Å². The second-order valence-corrected chi connectivity index (χ2v) is 5.11. The average molecular weight is 338 g/mol. The van der Waals surface area contributed by atoms with Crippen LogP contribution in [0.2, 0.25) is 5.02 Å². The van der Waals surface area contributed by atoms with Gasteiger partial charge in [0.05, 0.1) is 22.6 Å². The first-order valence-electron chi connectivity index (χ1n) is 6.62. The lowest BCUT2D eigenvalue weighted by Crippen LogP contribution is -2.30. The molecule has 0 saturated heterocycles. The zero-order chi connectivity index (χ0) is 17.0. The Morgan fingerprint density at radius 3 is 2.65 bits per heavy atom. The molecule has 2 rings (SSSR count). The van der Waals surface area contributed by atoms with E-state index in [9.17, 15) is 14.0 Å². The summed E-state index contributed by atoms with van der Waals surface area (Å²) in [6.07, 6.45) is 1.59. The lowest BCUT2D eigenvalue weighted by atomic mass is 10.3. The molecule has 8 heteroatoms. The van der Waals surface area contributed by atoms with E-state index in [1.54, 1.807) is 6.92 Å². The van der Waals surface area contributed by atoms with Gasteiger partial charge in [-0.2, -0.15) is 0 Å². The van der Waals surface area contributed by atoms with Crippen LogP contribution in [0.5, 0.6) is 0 Å². The fraction of sp³-hybridized carbons (Fsp3) is 0.200. The van der Waals surface area contributed by atoms with Crippen molar-refractivity contribution >= 4 is 29.2 Å². The monoisotopic (exact) mass is 337 g/mol. The minimum Gasteiger partial charge on any atom is -0.448 e. The van der Waals surface area contributed by atoms with Gasteiger partial charge in [0.25, 0.3) is 5.91 Å². The Kier molecular flexibility index (Phi) is 5.23. The van der Waals surface area contributed by atoms with Crippen LogP contribution in [0.4, 0.5) is 10.1 Å². The Hall–Kier alpha value is -2.54. The van der Waals surface area contributed by atoms with Crippen LogP contribution in [0.3, 0.4) is 0 Å². The molecule has 0 aliphatic carbocycles. The molecule has 0 saturated carbocycles. The highest BCUT2D eigenvalue weighted by Crippen LogP contribution is 2.22. The van der Waals surface area contributed by atoms with Gasteiger partial charge in [-0.05, 0) is 32.0 Å². The molecule has 1 amide bonds. The van der Waals surface area contributed by atoms with Crippen LogP contribution >= 0.6 is 11.6 Å². The van der Waals surface area contributed by atoms with E-state index in [1.807, 2.05) is 0 Å². The molecule has 0 radical (unpaired) electrons. The summed E-state index contributed by atoms with van der Waals surface area (Å²) in [6, 6.07) is 3.53. The van der Waals surface area contributed by atoms with Gasteiger partial charge in [-0.15, -0.1) is 0 Å². The second-order valence-electron chi connectivity index (χ2n) is 4.70. The number of nitrogens with one attached hydrogen (secondary N) is 1. The van der Waals surface area contributed by atoms with Gasteiger partial charge in [0, 0.05) is 6.20 Å². The zero-order valence-corrected chi connectivity index (χ0v) is 13.1. The molecule has 1 aromatic heterocycles. The number of rotatable bonds is 4. The van der Waals surface area contributed by atoms with Crippen molar-refractivity contribution < 1.29 is 18.7 Å². The number of hydrogen-bond acceptors (Lipinski definition) is 5. The second kappa shape index (κ2) is 7.15. The summed E-state index contributed by atoms with van der Waals surface area (Å²) in [5.41, 5.74) is 0.865. The first-order valence-corrected chi connectivity index (χ1v) is 7.00. The van der Waals surface area contributed by atoms with Crippen LogP contribution < -0.4 is 5.32 Å². The number of amides is 1. The average Bonchev–Trinajstić information content (AvgIpc) is 2.50. The van der Waals surface area contributed by atoms with Crippen molar-refractivity contribution in [3.8, 4) is 0 Å². The van der Waals surface area contributed by atoms with Crippen LogP contribution in [0.1, 0.15) is 23.1 Å². The van der Waals surface area contributed by atoms with Gasteiger partial charge in [0.15, 0.2) is 11.8 Å². The summed E-state index contributed by atoms with van der Waals surface area (Å²) in [5.74, 6) is -1.90. The number of esters is 1. The normalized spacial score (nSPS) is 11.7. The van der Waals surface area contributed by atoms with Crippen molar-refractivity contribution in [1.82, 2.24) is 9.97 Å². The van der Waals surface area contributed by atoms with Crippen LogP contribution in [-0.4, -0.2) is 27.9 Å². The highest BCUT2D eigenvalue weighted by atomic mass is 35.5. The SMILES string of the molecule is Cc1cnc(C(=O)OC(C)C(=O)Nc2ccc(F)cc2Cl)cn1. The lowest BCUT2D eigenvalue weighted by molar-refractivity contribution is -0.123. The maximum Gasteiger partial charge on any atom is 0.359 e. The van der Waals surface area contributed by atoms with Gasteiger partial charge in [0.2, 0.25) is 0 Å². The van der Waals surface area contributed by atoms with Crippen molar-refractivity contribution in [2.75, 3.05) is 5.32 Å². The molecule has 0 bridgehead atoms. The quantitative estimate of drug-likeness (QED) is 0.868. The molecule has 6 nitrogen and oxygen atoms in total. The fourth-order valence-electron chi connectivity index (χ4n) is 1.60. The van der Waals surface area contributed by atoms with Gasteiger partial charge in [0.1, 0.15) is 5.82 Å². The van der Waals surface area contributed by atoms with Crippen LogP contribution in [0.15, 0.2) is 30.6 Å². The summed E-state index contributed by atoms with van der Waals surface area (Å²) in [7, 11) is 0. The first kappa shape index (κ1) is 16.8. The van der Waals surface area contributed by atoms with Crippen molar-refractivity contribution in [3.05, 3.63) is 52.8 Å². The number of anilines is 1. The minimum absolute atomic E-state index is 0.00457. The fourth-order valence-corrected chi connectivity index (χ4v) is 1.81. The number of benzene rings is 1. The van der Waals surface area contributed by atoms with E-state index in [1.165, 1.54) is 25.4 Å². The zero-order valence-electron chi connectivity index (χ0n) is 12.3. The number of aryl methyl sites for hydroxylation is 1. The van der Waals surface area contributed by atoms with Crippen LogP contribution in [0.25, 0.3) is 0 Å². The topological polar surface area (TPSA) is 81.2 Å². The molecule has 1 atom stereocenters. The summed E-state index contributed by atoms with van der Waals surface area (Å²) in [5, 5.41) is 2.50. The van der Waals surface area contributed by atoms with Crippen molar-refractivity contribution in [1.29, 1.82) is 0 Å². The maximum absolute atomic E-state index is 13.0. The van der Waals surface area contributed by atoms with E-state index >= 15 is 0 Å². The summed E-state index contributed by atoms with van der Waals surface area (Å²) in [6.45, 7) is 3.12. The smallest absolute Gasteiger partial charge is 0.359 e. The predicted octanol–water partition coefficient (Wildman–Crippen LogP) is 2.76. The van der Waals surface area contributed by atoms with E-state index < -0.39 is 23.8 Å². The molecule has 0 aliphatic heterocycles. The molecular weight excluding hydrogens is 325 g/mol. The number of ether oxygens (including phenoxy) is 1. The Bertz CT molecular complexity index is 737. The van der Waals surface area contributed by atoms with Crippen LogP contribution in [0, 0.1) is 12.7 Å². The Labute approximate surface area is 136 Å². The Morgan fingerprint density at radius 2 is 2.04 bits per heavy atom. The van der Waals surface area contributed by atoms with Crippen molar-refractivity contribution in [2.24, 2.45) is 0 Å². The number of nitrogens with zero attached hydrogens (tertiary/aromatic N) is 2. The third kappa shape index (κ3) is 4.46. The molecule has 1 heterocycles. The van der Waals surface area contributed by atoms with E-state index in [2.05, 4.69) is 15.3 Å². The number of hydrogen-bond donors (Lipinski definition) is 1. The third-order valence-corrected chi connectivity index (χ3v) is 3.14. The van der Waals surface area contributed by atoms with E-state index in [-0.39, 0.29) is 16.4 Å². The molecule has 1 N–H and O–H groups in total. The Balaban J connectivity index is 1.99. The molecule has 0 aliphatic rings. The summed E-state index contributed by atoms with van der Waals surface area (Å²) >= 11 is 5.81. The molecular formula is C15H13ClFN3O3. The number of aromatic nitrogens is 2.